The fraction of sp³-hybridized carbons (Fsp3) is 0.321. The van der Waals surface area contributed by atoms with Gasteiger partial charge in [-0.2, -0.15) is 0 Å². The lowest BCUT2D eigenvalue weighted by molar-refractivity contribution is -0.140. The highest BCUT2D eigenvalue weighted by Gasteiger charge is 2.40. The minimum Gasteiger partial charge on any atom is -0.478 e. The molecule has 91 heavy (non-hydrogen) atoms. The number of hydrogen-bond acceptors (Lipinski definition) is 21. The number of carbonyl (C=O) groups is 4. The van der Waals surface area contributed by atoms with E-state index in [-0.39, 0.29) is 63.9 Å². The van der Waals surface area contributed by atoms with E-state index in [0.717, 1.165) is 50.5 Å². The number of ether oxygens (including phenoxy) is 3. The number of rotatable bonds is 16. The largest absolute Gasteiger partial charge is 0.478 e. The maximum Gasteiger partial charge on any atom is 0.338 e. The van der Waals surface area contributed by atoms with E-state index in [1.54, 1.807) is 31.6 Å². The van der Waals surface area contributed by atoms with Gasteiger partial charge in [0.15, 0.2) is 50.7 Å². The Kier molecular flexibility index (Phi) is 28.6. The number of esters is 2. The highest BCUT2D eigenvalue weighted by Crippen LogP contribution is 2.43. The zero-order chi connectivity index (χ0) is 66.5. The van der Waals surface area contributed by atoms with Crippen molar-refractivity contribution in [1.29, 1.82) is 0 Å². The average Bonchev–Trinajstić information content (AvgIpc) is 1.23. The second kappa shape index (κ2) is 35.7. The molecule has 0 amide bonds. The molecule has 0 bridgehead atoms. The maximum atomic E-state index is 14.6. The maximum absolute atomic E-state index is 14.6. The van der Waals surface area contributed by atoms with Gasteiger partial charge in [0.25, 0.3) is 6.47 Å². The molecular formula is C53H50B8Cl3F5N12O8S2. The van der Waals surface area contributed by atoms with E-state index in [0.29, 0.717) is 78.6 Å². The summed E-state index contributed by atoms with van der Waals surface area (Å²) in [6, 6.07) is 2.64. The van der Waals surface area contributed by atoms with Crippen LogP contribution in [0.3, 0.4) is 0 Å². The summed E-state index contributed by atoms with van der Waals surface area (Å²) in [4.78, 5) is 82.7. The summed E-state index contributed by atoms with van der Waals surface area (Å²) in [5, 5.41) is 22.2. The summed E-state index contributed by atoms with van der Waals surface area (Å²) in [6.45, 7) is 6.68. The summed E-state index contributed by atoms with van der Waals surface area (Å²) < 4.78 is 81.6. The lowest BCUT2D eigenvalue weighted by atomic mass is 8.68. The molecule has 0 aliphatic carbocycles. The minimum atomic E-state index is -1.22. The number of benzene rings is 2. The van der Waals surface area contributed by atoms with Gasteiger partial charge in [-0.3, -0.25) is 19.2 Å². The van der Waals surface area contributed by atoms with Crippen molar-refractivity contribution in [3.05, 3.63) is 160 Å². The summed E-state index contributed by atoms with van der Waals surface area (Å²) in [5.41, 5.74) is 2.06. The van der Waals surface area contributed by atoms with Crippen LogP contribution in [0.1, 0.15) is 83.1 Å². The zero-order valence-electron chi connectivity index (χ0n) is 48.7. The van der Waals surface area contributed by atoms with Crippen LogP contribution in [0.25, 0.3) is 0 Å². The SMILES string of the molecule is CCOC(=O)C1=C(C2CCN(c3ncc(OC=O)cn3)CC2)NC(c2nccs2)=NC1c1ccc(F)c(F)c1Cl.CCOC(=O)C1=C(C2CCNCC2)NC(c2nccs2)=NC1c1ccc(F)c(F)c1Cl.CF.O=C(O)c1cnc(Cl)nc1.[B]B([B])B([B])B([B])[B]. The van der Waals surface area contributed by atoms with Crippen LogP contribution < -0.4 is 25.6 Å². The van der Waals surface area contributed by atoms with Gasteiger partial charge in [0.05, 0.1) is 59.5 Å². The smallest absolute Gasteiger partial charge is 0.338 e. The first kappa shape index (κ1) is 73.0. The van der Waals surface area contributed by atoms with Gasteiger partial charge in [-0.15, -0.1) is 22.7 Å². The molecule has 4 aromatic heterocycles. The number of aromatic nitrogens is 6. The van der Waals surface area contributed by atoms with Gasteiger partial charge < -0.3 is 40.2 Å². The van der Waals surface area contributed by atoms with Crippen molar-refractivity contribution in [2.24, 2.45) is 21.8 Å². The Morgan fingerprint density at radius 3 is 1.49 bits per heavy atom. The molecule has 6 aromatic rings. The van der Waals surface area contributed by atoms with E-state index >= 15 is 0 Å². The molecule has 10 radical (unpaired) electrons. The Morgan fingerprint density at radius 1 is 0.681 bits per heavy atom. The second-order valence-electron chi connectivity index (χ2n) is 19.3. The van der Waals surface area contributed by atoms with Crippen LogP contribution in [0.5, 0.6) is 5.75 Å². The predicted octanol–water partition coefficient (Wildman–Crippen LogP) is 6.57. The number of carboxylic acids is 1. The van der Waals surface area contributed by atoms with Crippen LogP contribution in [0.4, 0.5) is 27.9 Å². The number of nitrogens with one attached hydrogen (secondary N) is 3. The fourth-order valence-electron chi connectivity index (χ4n) is 9.24. The molecule has 0 saturated carbocycles. The Morgan fingerprint density at radius 2 is 1.12 bits per heavy atom. The first-order valence-electron chi connectivity index (χ1n) is 27.5. The van der Waals surface area contributed by atoms with Crippen molar-refractivity contribution < 1.29 is 60.4 Å². The normalized spacial score (nSPS) is 16.3. The number of aliphatic imine (C=N–C) groups is 2. The summed E-state index contributed by atoms with van der Waals surface area (Å²) in [5.74, 6) is -5.35. The number of carboxylic acid groups (broad SMARTS) is 1. The number of hydrogen-bond donors (Lipinski definition) is 4. The third-order valence-corrected chi connectivity index (χ3v) is 16.1. The van der Waals surface area contributed by atoms with Crippen LogP contribution in [-0.4, -0.2) is 175 Å². The summed E-state index contributed by atoms with van der Waals surface area (Å²) >= 11 is 20.5. The Hall–Kier alpha value is -7.04. The molecule has 462 valence electrons. The molecule has 2 saturated heterocycles. The van der Waals surface area contributed by atoms with Crippen molar-refractivity contribution in [3.8, 4) is 5.75 Å². The predicted molar refractivity (Wildman–Crippen MR) is 345 cm³/mol. The molecule has 4 aliphatic heterocycles. The monoisotopic (exact) mass is 1330 g/mol. The molecule has 4 aliphatic rings. The minimum absolute atomic E-state index is 0.0319. The highest BCUT2D eigenvalue weighted by atomic mass is 35.5. The first-order valence-corrected chi connectivity index (χ1v) is 30.4. The summed E-state index contributed by atoms with van der Waals surface area (Å²) in [7, 11) is 26.3. The van der Waals surface area contributed by atoms with Gasteiger partial charge in [-0.05, 0) is 76.4 Å². The standard InChI is InChI=1S/C26H23ClF2N6O4S.C21H21ClF2N4O2S.C5H3ClN2O2.CH3F.B8/c1-2-38-25(37)18-21(14-5-8-35(9-6-14)26-31-11-15(12-32-26)39-13-36)33-23(24-30-7-10-40-24)34-22(18)16-3-4-17(28)20(29)19(16)27;1-2-30-21(29)14-17(11-5-7-25-8-6-11)27-19(20-26-9-10-31-20)28-18(14)12-3-4-13(23)16(24)15(12)22;6-5-7-1-3(2-8-5)4(9)10;1-2;1-6(2)8(5)7(3)4/h3-4,7,10-14,22H,2,5-6,8-9H2,1H3,(H,33,34);3-4,9-11,18,25H,2,5-8H2,1H3,(H,27,28);1-2H,(H,9,10);1H3;. The molecule has 10 rings (SSSR count). The molecule has 2 fully saturated rings. The van der Waals surface area contributed by atoms with Gasteiger partial charge in [0.1, 0.15) is 12.1 Å². The number of anilines is 1. The molecule has 2 atom stereocenters. The topological polar surface area (TPSA) is 258 Å². The number of allylic oxidation sites excluding steroid dienone is 2. The van der Waals surface area contributed by atoms with Crippen molar-refractivity contribution in [1.82, 2.24) is 45.9 Å². The van der Waals surface area contributed by atoms with Gasteiger partial charge in [0, 0.05) is 141 Å². The van der Waals surface area contributed by atoms with E-state index < -0.39 is 82.5 Å². The number of piperidine rings is 2. The van der Waals surface area contributed by atoms with Gasteiger partial charge >= 0.3 is 17.9 Å². The third-order valence-electron chi connectivity index (χ3n) is 13.6. The van der Waals surface area contributed by atoms with Crippen LogP contribution in [0, 0.1) is 35.1 Å². The number of thiazole rings is 2. The van der Waals surface area contributed by atoms with Crippen molar-refractivity contribution in [2.75, 3.05) is 51.5 Å². The van der Waals surface area contributed by atoms with Crippen LogP contribution >= 0.6 is 57.5 Å². The van der Waals surface area contributed by atoms with E-state index in [1.807, 2.05) is 10.3 Å². The van der Waals surface area contributed by atoms with E-state index in [2.05, 4.69) is 50.8 Å². The van der Waals surface area contributed by atoms with E-state index in [4.69, 9.17) is 97.8 Å². The molecule has 2 unspecified atom stereocenters. The lowest BCUT2D eigenvalue weighted by Crippen LogP contribution is -2.52. The Bertz CT molecular complexity index is 3570. The third kappa shape index (κ3) is 19.3. The second-order valence-corrected chi connectivity index (χ2v) is 22.2. The Labute approximate surface area is 551 Å². The van der Waals surface area contributed by atoms with E-state index in [1.165, 1.54) is 47.2 Å². The average molecular weight is 1340 g/mol. The lowest BCUT2D eigenvalue weighted by Gasteiger charge is -2.36. The highest BCUT2D eigenvalue weighted by molar-refractivity contribution is 7.89. The van der Waals surface area contributed by atoms with Crippen molar-refractivity contribution in [3.63, 3.8) is 0 Å². The molecule has 20 nitrogen and oxygen atoms in total. The molecule has 38 heteroatoms. The molecular weight excluding hydrogens is 1280 g/mol. The zero-order valence-corrected chi connectivity index (χ0v) is 52.6. The van der Waals surface area contributed by atoms with Crippen LogP contribution in [-0.2, 0) is 23.9 Å². The van der Waals surface area contributed by atoms with Crippen LogP contribution in [0.15, 0.2) is 105 Å². The number of halogens is 8. The van der Waals surface area contributed by atoms with E-state index in [9.17, 15) is 41.1 Å². The molecule has 4 N–H and O–H groups in total. The fourth-order valence-corrected chi connectivity index (χ4v) is 11.0. The van der Waals surface area contributed by atoms with Crippen LogP contribution in [0.2, 0.25) is 15.3 Å². The Balaban J connectivity index is 0.000000226. The number of alkyl halides is 1. The first-order chi connectivity index (χ1) is 43.7. The number of amidine groups is 2. The summed E-state index contributed by atoms with van der Waals surface area (Å²) in [6.07, 6.45) is 9.43. The van der Waals surface area contributed by atoms with Gasteiger partial charge in [-0.25, -0.2) is 61.8 Å². The molecule has 8 heterocycles. The quantitative estimate of drug-likeness (QED) is 0.0199. The number of aromatic carboxylic acids is 1. The van der Waals surface area contributed by atoms with Crippen molar-refractivity contribution >= 4 is 157 Å². The van der Waals surface area contributed by atoms with Gasteiger partial charge in [0.2, 0.25) is 11.2 Å². The molecule has 2 aromatic carbocycles. The molecule has 0 spiro atoms. The number of carbonyl (C=O) groups excluding carboxylic acids is 3. The van der Waals surface area contributed by atoms with Gasteiger partial charge in [-0.1, -0.05) is 35.3 Å². The van der Waals surface area contributed by atoms with Crippen molar-refractivity contribution in [2.45, 2.75) is 51.6 Å². The number of nitrogens with zero attached hydrogens (tertiary/aromatic N) is 9.